The number of nitrogens with one attached hydrogen (secondary N) is 2. The van der Waals surface area contributed by atoms with Crippen molar-refractivity contribution in [3.63, 3.8) is 0 Å². The first-order chi connectivity index (χ1) is 8.69. The van der Waals surface area contributed by atoms with E-state index in [1.165, 1.54) is 0 Å². The number of amides is 1. The molecule has 0 radical (unpaired) electrons. The van der Waals surface area contributed by atoms with E-state index in [1.807, 2.05) is 19.1 Å². The van der Waals surface area contributed by atoms with Crippen LogP contribution in [0.25, 0.3) is 0 Å². The molecule has 100 valence electrons. The van der Waals surface area contributed by atoms with E-state index in [0.29, 0.717) is 30.3 Å². The highest BCUT2D eigenvalue weighted by molar-refractivity contribution is 6.31. The molecule has 0 aromatic heterocycles. The maximum Gasteiger partial charge on any atom is 0.221 e. The Morgan fingerprint density at radius 2 is 2.22 bits per heavy atom. The molecular weight excluding hydrogens is 252 g/mol. The zero-order chi connectivity index (χ0) is 13.4. The number of hydrogen-bond acceptors (Lipinski definition) is 3. The van der Waals surface area contributed by atoms with Gasteiger partial charge < -0.3 is 15.4 Å². The highest BCUT2D eigenvalue weighted by atomic mass is 35.5. The molecule has 0 atom stereocenters. The number of rotatable bonds is 7. The smallest absolute Gasteiger partial charge is 0.221 e. The third kappa shape index (κ3) is 4.55. The zero-order valence-electron chi connectivity index (χ0n) is 10.8. The summed E-state index contributed by atoms with van der Waals surface area (Å²) >= 11 is 6.07. The van der Waals surface area contributed by atoms with E-state index in [4.69, 9.17) is 16.3 Å². The number of carbonyl (C=O) groups is 1. The Balaban J connectivity index is 2.50. The van der Waals surface area contributed by atoms with Gasteiger partial charge in [0, 0.05) is 30.1 Å². The van der Waals surface area contributed by atoms with Crippen molar-refractivity contribution >= 4 is 17.5 Å². The lowest BCUT2D eigenvalue weighted by molar-refractivity contribution is -0.121. The number of halogens is 1. The van der Waals surface area contributed by atoms with Gasteiger partial charge in [0.2, 0.25) is 5.91 Å². The molecule has 0 unspecified atom stereocenters. The summed E-state index contributed by atoms with van der Waals surface area (Å²) in [6, 6.07) is 5.42. The molecule has 0 aliphatic heterocycles. The number of methoxy groups -OCH3 is 1. The van der Waals surface area contributed by atoms with Gasteiger partial charge in [-0.1, -0.05) is 24.6 Å². The number of carbonyl (C=O) groups excluding carboxylic acids is 1. The van der Waals surface area contributed by atoms with Crippen molar-refractivity contribution in [1.29, 1.82) is 0 Å². The van der Waals surface area contributed by atoms with Gasteiger partial charge in [-0.05, 0) is 18.7 Å². The minimum atomic E-state index is -0.00192. The molecule has 0 aliphatic carbocycles. The monoisotopic (exact) mass is 270 g/mol. The fourth-order valence-corrected chi connectivity index (χ4v) is 1.79. The maximum atomic E-state index is 11.6. The third-order valence-electron chi connectivity index (χ3n) is 2.54. The summed E-state index contributed by atoms with van der Waals surface area (Å²) in [5, 5.41) is 6.53. The Morgan fingerprint density at radius 3 is 2.89 bits per heavy atom. The first-order valence-electron chi connectivity index (χ1n) is 5.97. The summed E-state index contributed by atoms with van der Waals surface area (Å²) in [5.41, 5.74) is 0.804. The van der Waals surface area contributed by atoms with Gasteiger partial charge in [0.05, 0.1) is 7.11 Å². The Kier molecular flexibility index (Phi) is 6.54. The molecule has 0 spiro atoms. The van der Waals surface area contributed by atoms with Crippen molar-refractivity contribution in [2.75, 3.05) is 20.2 Å². The van der Waals surface area contributed by atoms with Crippen LogP contribution in [0, 0.1) is 0 Å². The second kappa shape index (κ2) is 7.95. The van der Waals surface area contributed by atoms with Crippen LogP contribution in [0.5, 0.6) is 5.75 Å². The van der Waals surface area contributed by atoms with Gasteiger partial charge in [-0.2, -0.15) is 0 Å². The molecule has 1 amide bonds. The highest BCUT2D eigenvalue weighted by Gasteiger charge is 2.08. The largest absolute Gasteiger partial charge is 0.496 e. The Bertz CT molecular complexity index is 397. The fourth-order valence-electron chi connectivity index (χ4n) is 1.56. The first-order valence-corrected chi connectivity index (χ1v) is 6.35. The van der Waals surface area contributed by atoms with E-state index in [1.54, 1.807) is 13.2 Å². The molecule has 0 saturated heterocycles. The van der Waals surface area contributed by atoms with Crippen LogP contribution >= 0.6 is 11.6 Å². The summed E-state index contributed by atoms with van der Waals surface area (Å²) in [6.45, 7) is 3.94. The lowest BCUT2D eigenvalue weighted by Crippen LogP contribution is -2.27. The van der Waals surface area contributed by atoms with Gasteiger partial charge in [0.1, 0.15) is 5.75 Å². The molecule has 1 rings (SSSR count). The third-order valence-corrected chi connectivity index (χ3v) is 2.89. The van der Waals surface area contributed by atoms with Crippen LogP contribution in [0.4, 0.5) is 0 Å². The van der Waals surface area contributed by atoms with Crippen LogP contribution in [0.1, 0.15) is 18.9 Å². The van der Waals surface area contributed by atoms with Crippen LogP contribution < -0.4 is 15.4 Å². The van der Waals surface area contributed by atoms with Crippen molar-refractivity contribution in [2.45, 2.75) is 19.9 Å². The second-order valence-corrected chi connectivity index (χ2v) is 4.21. The fraction of sp³-hybridized carbons (Fsp3) is 0.462. The van der Waals surface area contributed by atoms with E-state index in [9.17, 15) is 4.79 Å². The summed E-state index contributed by atoms with van der Waals surface area (Å²) < 4.78 is 5.21. The number of ether oxygens (including phenoxy) is 1. The molecule has 1 aromatic carbocycles. The van der Waals surface area contributed by atoms with E-state index >= 15 is 0 Å². The molecule has 0 aliphatic rings. The Hall–Kier alpha value is -1.26. The summed E-state index contributed by atoms with van der Waals surface area (Å²) in [5.74, 6) is 0.687. The Labute approximate surface area is 113 Å². The van der Waals surface area contributed by atoms with Gasteiger partial charge in [0.15, 0.2) is 0 Å². The average molecular weight is 271 g/mol. The SMILES string of the molecule is CCNCCC(=O)NCc1c(Cl)cccc1OC. The first kappa shape index (κ1) is 14.8. The Morgan fingerprint density at radius 1 is 1.44 bits per heavy atom. The van der Waals surface area contributed by atoms with E-state index in [0.717, 1.165) is 12.1 Å². The predicted octanol–water partition coefficient (Wildman–Crippen LogP) is 1.96. The molecule has 0 fully saturated rings. The van der Waals surface area contributed by atoms with Crippen LogP contribution in [0.2, 0.25) is 5.02 Å². The van der Waals surface area contributed by atoms with E-state index in [2.05, 4.69) is 10.6 Å². The lowest BCUT2D eigenvalue weighted by atomic mass is 10.2. The van der Waals surface area contributed by atoms with Crippen molar-refractivity contribution in [2.24, 2.45) is 0 Å². The minimum absolute atomic E-state index is 0.00192. The maximum absolute atomic E-state index is 11.6. The topological polar surface area (TPSA) is 50.4 Å². The summed E-state index contributed by atoms with van der Waals surface area (Å²) in [6.07, 6.45) is 0.459. The zero-order valence-corrected chi connectivity index (χ0v) is 11.5. The van der Waals surface area contributed by atoms with E-state index in [-0.39, 0.29) is 5.91 Å². The average Bonchev–Trinajstić information content (AvgIpc) is 2.37. The summed E-state index contributed by atoms with van der Waals surface area (Å²) in [7, 11) is 1.59. The van der Waals surface area contributed by atoms with Crippen molar-refractivity contribution in [3.05, 3.63) is 28.8 Å². The molecule has 5 heteroatoms. The molecule has 2 N–H and O–H groups in total. The normalized spacial score (nSPS) is 10.2. The number of hydrogen-bond donors (Lipinski definition) is 2. The summed E-state index contributed by atoms with van der Waals surface area (Å²) in [4.78, 5) is 11.6. The van der Waals surface area contributed by atoms with Gasteiger partial charge in [-0.15, -0.1) is 0 Å². The van der Waals surface area contributed by atoms with Crippen LogP contribution in [0.3, 0.4) is 0 Å². The van der Waals surface area contributed by atoms with Crippen LogP contribution in [-0.2, 0) is 11.3 Å². The second-order valence-electron chi connectivity index (χ2n) is 3.80. The van der Waals surface area contributed by atoms with Gasteiger partial charge >= 0.3 is 0 Å². The van der Waals surface area contributed by atoms with Crippen molar-refractivity contribution < 1.29 is 9.53 Å². The quantitative estimate of drug-likeness (QED) is 0.745. The van der Waals surface area contributed by atoms with Gasteiger partial charge in [0.25, 0.3) is 0 Å². The molecule has 0 bridgehead atoms. The predicted molar refractivity (Wildman–Crippen MR) is 73.0 cm³/mol. The number of benzene rings is 1. The standard InChI is InChI=1S/C13H19ClN2O2/c1-3-15-8-7-13(17)16-9-10-11(14)5-4-6-12(10)18-2/h4-6,15H,3,7-9H2,1-2H3,(H,16,17). The van der Waals surface area contributed by atoms with Gasteiger partial charge in [-0.25, -0.2) is 0 Å². The van der Waals surface area contributed by atoms with Crippen molar-refractivity contribution in [3.8, 4) is 5.75 Å². The molecule has 1 aromatic rings. The lowest BCUT2D eigenvalue weighted by Gasteiger charge is -2.11. The molecule has 4 nitrogen and oxygen atoms in total. The molecule has 0 saturated carbocycles. The van der Waals surface area contributed by atoms with Crippen LogP contribution in [0.15, 0.2) is 18.2 Å². The van der Waals surface area contributed by atoms with Crippen LogP contribution in [-0.4, -0.2) is 26.1 Å². The molecule has 18 heavy (non-hydrogen) atoms. The van der Waals surface area contributed by atoms with Crippen molar-refractivity contribution in [1.82, 2.24) is 10.6 Å². The van der Waals surface area contributed by atoms with E-state index < -0.39 is 0 Å². The van der Waals surface area contributed by atoms with Gasteiger partial charge in [-0.3, -0.25) is 4.79 Å². The molecular formula is C13H19ClN2O2. The minimum Gasteiger partial charge on any atom is -0.496 e. The molecule has 0 heterocycles. The highest BCUT2D eigenvalue weighted by Crippen LogP contribution is 2.25.